The van der Waals surface area contributed by atoms with Gasteiger partial charge in [-0.3, -0.25) is 0 Å². The zero-order valence-electron chi connectivity index (χ0n) is 15.9. The minimum absolute atomic E-state index is 0.124. The Kier molecular flexibility index (Phi) is 5.92. The van der Waals surface area contributed by atoms with Gasteiger partial charge < -0.3 is 14.4 Å². The fourth-order valence-electron chi connectivity index (χ4n) is 3.36. The molecule has 1 heterocycles. The Morgan fingerprint density at radius 1 is 1.15 bits per heavy atom. The van der Waals surface area contributed by atoms with E-state index in [-0.39, 0.29) is 16.6 Å². The number of aryl methyl sites for hydroxylation is 1. The molecule has 0 spiro atoms. The zero-order valence-corrected chi connectivity index (χ0v) is 16.8. The van der Waals surface area contributed by atoms with Gasteiger partial charge in [0.05, 0.1) is 14.2 Å². The average Bonchev–Trinajstić information content (AvgIpc) is 3.15. The number of nitrogens with one attached hydrogen (secondary N) is 1. The lowest BCUT2D eigenvalue weighted by Gasteiger charge is -2.19. The summed E-state index contributed by atoms with van der Waals surface area (Å²) < 4.78 is 38.5. The van der Waals surface area contributed by atoms with Gasteiger partial charge in [0.25, 0.3) is 0 Å². The molecule has 6 nitrogen and oxygen atoms in total. The molecule has 1 aliphatic rings. The smallest absolute Gasteiger partial charge is 0.244 e. The number of hydrogen-bond donors (Lipinski definition) is 1. The first-order valence-corrected chi connectivity index (χ1v) is 10.4. The molecule has 0 bridgehead atoms. The van der Waals surface area contributed by atoms with Crippen LogP contribution in [0.1, 0.15) is 12.0 Å². The fraction of sp³-hybridized carbons (Fsp3) is 0.400. The van der Waals surface area contributed by atoms with Crippen molar-refractivity contribution >= 4 is 15.7 Å². The second-order valence-electron chi connectivity index (χ2n) is 6.81. The number of hydrogen-bond acceptors (Lipinski definition) is 5. The van der Waals surface area contributed by atoms with Gasteiger partial charge >= 0.3 is 0 Å². The van der Waals surface area contributed by atoms with Crippen molar-refractivity contribution in [1.29, 1.82) is 0 Å². The highest BCUT2D eigenvalue weighted by molar-refractivity contribution is 7.89. The third-order valence-electron chi connectivity index (χ3n) is 4.87. The number of nitrogens with zero attached hydrogens (tertiary/aromatic N) is 1. The van der Waals surface area contributed by atoms with Gasteiger partial charge in [0, 0.05) is 31.4 Å². The fourth-order valence-corrected chi connectivity index (χ4v) is 4.63. The third kappa shape index (κ3) is 4.54. The van der Waals surface area contributed by atoms with Crippen LogP contribution in [-0.4, -0.2) is 42.3 Å². The average molecular weight is 391 g/mol. The number of methoxy groups -OCH3 is 2. The van der Waals surface area contributed by atoms with Gasteiger partial charge in [-0.25, -0.2) is 13.1 Å². The van der Waals surface area contributed by atoms with Crippen molar-refractivity contribution in [2.75, 3.05) is 38.8 Å². The molecule has 0 aliphatic carbocycles. The molecule has 1 atom stereocenters. The lowest BCUT2D eigenvalue weighted by molar-refractivity contribution is 0.385. The summed E-state index contributed by atoms with van der Waals surface area (Å²) in [5.41, 5.74) is 2.42. The number of anilines is 1. The summed E-state index contributed by atoms with van der Waals surface area (Å²) in [5, 5.41) is 0. The minimum atomic E-state index is -3.65. The molecule has 0 saturated carbocycles. The SMILES string of the molecule is COc1ccc(S(=O)(=O)NCC2CCN(c3cccc(C)c3)C2)c(OC)c1. The molecule has 0 amide bonds. The molecule has 27 heavy (non-hydrogen) atoms. The summed E-state index contributed by atoms with van der Waals surface area (Å²) in [7, 11) is -0.675. The third-order valence-corrected chi connectivity index (χ3v) is 6.34. The highest BCUT2D eigenvalue weighted by atomic mass is 32.2. The van der Waals surface area contributed by atoms with E-state index < -0.39 is 10.0 Å². The van der Waals surface area contributed by atoms with Crippen molar-refractivity contribution in [2.24, 2.45) is 5.92 Å². The van der Waals surface area contributed by atoms with Gasteiger partial charge in [0.15, 0.2) is 0 Å². The number of sulfonamides is 1. The van der Waals surface area contributed by atoms with Gasteiger partial charge in [-0.15, -0.1) is 0 Å². The van der Waals surface area contributed by atoms with Crippen LogP contribution in [0.4, 0.5) is 5.69 Å². The van der Waals surface area contributed by atoms with Crippen LogP contribution >= 0.6 is 0 Å². The van der Waals surface area contributed by atoms with Gasteiger partial charge in [0.2, 0.25) is 10.0 Å². The van der Waals surface area contributed by atoms with Crippen LogP contribution < -0.4 is 19.1 Å². The molecule has 1 aliphatic heterocycles. The van der Waals surface area contributed by atoms with Crippen LogP contribution in [0.3, 0.4) is 0 Å². The first kappa shape index (κ1) is 19.5. The van der Waals surface area contributed by atoms with Gasteiger partial charge in [-0.1, -0.05) is 12.1 Å². The van der Waals surface area contributed by atoms with Crippen molar-refractivity contribution in [3.05, 3.63) is 48.0 Å². The van der Waals surface area contributed by atoms with Crippen molar-refractivity contribution in [1.82, 2.24) is 4.72 Å². The molecule has 1 unspecified atom stereocenters. The highest BCUT2D eigenvalue weighted by Crippen LogP contribution is 2.29. The summed E-state index contributed by atoms with van der Waals surface area (Å²) in [6.07, 6.45) is 0.955. The summed E-state index contributed by atoms with van der Waals surface area (Å²) in [6, 6.07) is 13.1. The summed E-state index contributed by atoms with van der Waals surface area (Å²) in [5.74, 6) is 1.09. The number of rotatable bonds is 7. The quantitative estimate of drug-likeness (QED) is 0.787. The topological polar surface area (TPSA) is 67.9 Å². The molecule has 0 radical (unpaired) electrons. The predicted octanol–water partition coefficient (Wildman–Crippen LogP) is 2.82. The predicted molar refractivity (Wildman–Crippen MR) is 106 cm³/mol. The normalized spacial score (nSPS) is 17.1. The summed E-state index contributed by atoms with van der Waals surface area (Å²) >= 11 is 0. The molecule has 2 aromatic rings. The monoisotopic (exact) mass is 390 g/mol. The first-order valence-electron chi connectivity index (χ1n) is 8.96. The van der Waals surface area contributed by atoms with Gasteiger partial charge in [-0.05, 0) is 49.1 Å². The molecule has 0 aromatic heterocycles. The van der Waals surface area contributed by atoms with Crippen molar-refractivity contribution in [3.63, 3.8) is 0 Å². The lowest BCUT2D eigenvalue weighted by atomic mass is 10.1. The van der Waals surface area contributed by atoms with E-state index in [0.717, 1.165) is 19.5 Å². The molecular weight excluding hydrogens is 364 g/mol. The van der Waals surface area contributed by atoms with E-state index in [4.69, 9.17) is 9.47 Å². The van der Waals surface area contributed by atoms with E-state index in [2.05, 4.69) is 40.8 Å². The molecule has 7 heteroatoms. The zero-order chi connectivity index (χ0) is 19.4. The molecule has 1 fully saturated rings. The molecular formula is C20H26N2O4S. The molecule has 2 aromatic carbocycles. The second-order valence-corrected chi connectivity index (χ2v) is 8.54. The Balaban J connectivity index is 1.64. The lowest BCUT2D eigenvalue weighted by Crippen LogP contribution is -2.31. The Morgan fingerprint density at radius 2 is 1.96 bits per heavy atom. The second kappa shape index (κ2) is 8.19. The number of ether oxygens (including phenoxy) is 2. The van der Waals surface area contributed by atoms with Crippen LogP contribution in [0.2, 0.25) is 0 Å². The molecule has 3 rings (SSSR count). The number of benzene rings is 2. The van der Waals surface area contributed by atoms with Crippen LogP contribution in [0.25, 0.3) is 0 Å². The summed E-state index contributed by atoms with van der Waals surface area (Å²) in [6.45, 7) is 4.25. The first-order chi connectivity index (χ1) is 12.9. The maximum Gasteiger partial charge on any atom is 0.244 e. The maximum absolute atomic E-state index is 12.7. The summed E-state index contributed by atoms with van der Waals surface area (Å²) in [4.78, 5) is 2.43. The Labute approximate surface area is 161 Å². The Bertz CT molecular complexity index is 899. The van der Waals surface area contributed by atoms with E-state index in [1.54, 1.807) is 12.1 Å². The van der Waals surface area contributed by atoms with Gasteiger partial charge in [0.1, 0.15) is 16.4 Å². The maximum atomic E-state index is 12.7. The van der Waals surface area contributed by atoms with Crippen LogP contribution in [0, 0.1) is 12.8 Å². The van der Waals surface area contributed by atoms with E-state index in [0.29, 0.717) is 12.3 Å². The Morgan fingerprint density at radius 3 is 2.67 bits per heavy atom. The van der Waals surface area contributed by atoms with Crippen molar-refractivity contribution < 1.29 is 17.9 Å². The van der Waals surface area contributed by atoms with E-state index in [9.17, 15) is 8.42 Å². The van der Waals surface area contributed by atoms with E-state index in [1.807, 2.05) is 0 Å². The van der Waals surface area contributed by atoms with E-state index >= 15 is 0 Å². The molecule has 1 saturated heterocycles. The van der Waals surface area contributed by atoms with Crippen molar-refractivity contribution in [2.45, 2.75) is 18.2 Å². The van der Waals surface area contributed by atoms with Crippen LogP contribution in [0.5, 0.6) is 11.5 Å². The largest absolute Gasteiger partial charge is 0.497 e. The van der Waals surface area contributed by atoms with Gasteiger partial charge in [-0.2, -0.15) is 0 Å². The minimum Gasteiger partial charge on any atom is -0.497 e. The Hall–Kier alpha value is -2.25. The van der Waals surface area contributed by atoms with E-state index in [1.165, 1.54) is 31.5 Å². The van der Waals surface area contributed by atoms with Crippen LogP contribution in [0.15, 0.2) is 47.4 Å². The highest BCUT2D eigenvalue weighted by Gasteiger charge is 2.26. The van der Waals surface area contributed by atoms with Crippen molar-refractivity contribution in [3.8, 4) is 11.5 Å². The molecule has 146 valence electrons. The molecule has 1 N–H and O–H groups in total. The standard InChI is InChI=1S/C20H26N2O4S/c1-15-5-4-6-17(11-15)22-10-9-16(14-22)13-21-27(23,24)20-8-7-18(25-2)12-19(20)26-3/h4-8,11-12,16,21H,9-10,13-14H2,1-3H3. The van der Waals surface area contributed by atoms with Crippen LogP contribution in [-0.2, 0) is 10.0 Å².